The number of ether oxygens (including phenoxy) is 2. The first-order valence-electron chi connectivity index (χ1n) is 11.5. The normalized spacial score (nSPS) is 11.6. The summed E-state index contributed by atoms with van der Waals surface area (Å²) in [7, 11) is 0. The Balaban J connectivity index is 1.60. The highest BCUT2D eigenvalue weighted by Gasteiger charge is 2.16. The van der Waals surface area contributed by atoms with Crippen LogP contribution in [0, 0.1) is 5.92 Å². The minimum Gasteiger partial charge on any atom is -0.507 e. The number of carbonyl (C=O) groups excluding carboxylic acids is 1. The van der Waals surface area contributed by atoms with Gasteiger partial charge in [-0.2, -0.15) is 0 Å². The smallest absolute Gasteiger partial charge is 0.311 e. The van der Waals surface area contributed by atoms with E-state index in [4.69, 9.17) is 9.47 Å². The Hall–Kier alpha value is -4.26. The lowest BCUT2D eigenvalue weighted by Gasteiger charge is -2.12. The Morgan fingerprint density at radius 2 is 1.43 bits per heavy atom. The number of aromatic nitrogens is 3. The Morgan fingerprint density at radius 3 is 1.97 bits per heavy atom. The Morgan fingerprint density at radius 1 is 0.857 bits per heavy atom. The van der Waals surface area contributed by atoms with Crippen LogP contribution in [0.2, 0.25) is 0 Å². The van der Waals surface area contributed by atoms with Crippen molar-refractivity contribution < 1.29 is 19.4 Å². The molecule has 0 bridgehead atoms. The predicted octanol–water partition coefficient (Wildman–Crippen LogP) is 5.89. The lowest BCUT2D eigenvalue weighted by atomic mass is 10.1. The molecule has 4 rings (SSSR count). The van der Waals surface area contributed by atoms with Crippen LogP contribution < -0.4 is 4.74 Å². The summed E-state index contributed by atoms with van der Waals surface area (Å²) in [5, 5.41) is 10.7. The number of nitrogens with zero attached hydrogens (tertiary/aromatic N) is 3. The van der Waals surface area contributed by atoms with Crippen molar-refractivity contribution in [2.75, 3.05) is 6.79 Å². The van der Waals surface area contributed by atoms with Crippen LogP contribution in [0.1, 0.15) is 26.7 Å². The highest BCUT2D eigenvalue weighted by Crippen LogP contribution is 2.32. The van der Waals surface area contributed by atoms with Crippen LogP contribution in [0.15, 0.2) is 78.9 Å². The molecule has 1 unspecified atom stereocenters. The van der Waals surface area contributed by atoms with Gasteiger partial charge < -0.3 is 14.6 Å². The van der Waals surface area contributed by atoms with E-state index < -0.39 is 0 Å². The second-order valence-electron chi connectivity index (χ2n) is 8.13. The Labute approximate surface area is 204 Å². The number of rotatable bonds is 9. The molecule has 1 heterocycles. The molecule has 0 aliphatic carbocycles. The van der Waals surface area contributed by atoms with Gasteiger partial charge in [0.1, 0.15) is 11.5 Å². The van der Waals surface area contributed by atoms with Gasteiger partial charge in [-0.1, -0.05) is 80.9 Å². The van der Waals surface area contributed by atoms with Gasteiger partial charge in [-0.05, 0) is 18.6 Å². The van der Waals surface area contributed by atoms with E-state index in [1.807, 2.05) is 74.5 Å². The van der Waals surface area contributed by atoms with E-state index in [1.165, 1.54) is 6.07 Å². The number of aromatic hydroxyl groups is 1. The highest BCUT2D eigenvalue weighted by molar-refractivity contribution is 5.72. The summed E-state index contributed by atoms with van der Waals surface area (Å²) in [5.74, 6) is 1.16. The third-order valence-electron chi connectivity index (χ3n) is 5.46. The molecule has 0 spiro atoms. The van der Waals surface area contributed by atoms with Crippen molar-refractivity contribution in [2.24, 2.45) is 5.92 Å². The quantitative estimate of drug-likeness (QED) is 0.241. The van der Waals surface area contributed by atoms with Gasteiger partial charge in [0.25, 0.3) is 0 Å². The molecule has 0 saturated heterocycles. The van der Waals surface area contributed by atoms with Crippen molar-refractivity contribution in [1.29, 1.82) is 0 Å². The summed E-state index contributed by atoms with van der Waals surface area (Å²) < 4.78 is 10.7. The van der Waals surface area contributed by atoms with Crippen LogP contribution in [0.3, 0.4) is 0 Å². The van der Waals surface area contributed by atoms with Crippen molar-refractivity contribution in [3.05, 3.63) is 78.9 Å². The fourth-order valence-electron chi connectivity index (χ4n) is 3.57. The fraction of sp³-hybridized carbons (Fsp3) is 0.214. The topological polar surface area (TPSA) is 94.4 Å². The third kappa shape index (κ3) is 6.00. The summed E-state index contributed by atoms with van der Waals surface area (Å²) in [4.78, 5) is 25.8. The number of phenols is 1. The third-order valence-corrected chi connectivity index (χ3v) is 5.46. The predicted molar refractivity (Wildman–Crippen MR) is 133 cm³/mol. The lowest BCUT2D eigenvalue weighted by molar-refractivity contribution is -0.154. The van der Waals surface area contributed by atoms with E-state index in [1.54, 1.807) is 12.1 Å². The van der Waals surface area contributed by atoms with Crippen molar-refractivity contribution in [3.8, 4) is 45.7 Å². The van der Waals surface area contributed by atoms with Gasteiger partial charge in [-0.15, -0.1) is 0 Å². The zero-order valence-corrected chi connectivity index (χ0v) is 19.7. The summed E-state index contributed by atoms with van der Waals surface area (Å²) in [6.45, 7) is 3.62. The van der Waals surface area contributed by atoms with E-state index in [2.05, 4.69) is 15.0 Å². The molecular weight excluding hydrogens is 442 g/mol. The van der Waals surface area contributed by atoms with Gasteiger partial charge in [0, 0.05) is 17.2 Å². The molecule has 0 radical (unpaired) electrons. The first-order valence-corrected chi connectivity index (χ1v) is 11.5. The molecule has 0 fully saturated rings. The Bertz CT molecular complexity index is 1220. The van der Waals surface area contributed by atoms with Gasteiger partial charge in [-0.25, -0.2) is 15.0 Å². The fourth-order valence-corrected chi connectivity index (χ4v) is 3.57. The van der Waals surface area contributed by atoms with E-state index >= 15 is 0 Å². The molecule has 0 aliphatic rings. The average molecular weight is 470 g/mol. The number of phenolic OH excluding ortho intramolecular Hbond substituents is 1. The summed E-state index contributed by atoms with van der Waals surface area (Å²) >= 11 is 0. The van der Waals surface area contributed by atoms with Gasteiger partial charge in [0.05, 0.1) is 11.5 Å². The number of carbonyl (C=O) groups is 1. The van der Waals surface area contributed by atoms with Crippen LogP contribution in [0.5, 0.6) is 11.5 Å². The zero-order chi connectivity index (χ0) is 24.6. The zero-order valence-electron chi connectivity index (χ0n) is 19.7. The summed E-state index contributed by atoms with van der Waals surface area (Å²) in [6, 6.07) is 24.0. The lowest BCUT2D eigenvalue weighted by Crippen LogP contribution is -2.17. The minimum absolute atomic E-state index is 0.0580. The van der Waals surface area contributed by atoms with E-state index in [0.717, 1.165) is 24.0 Å². The molecule has 7 nitrogen and oxygen atoms in total. The molecule has 0 amide bonds. The monoisotopic (exact) mass is 469 g/mol. The Kier molecular flexibility index (Phi) is 7.67. The van der Waals surface area contributed by atoms with E-state index in [9.17, 15) is 9.90 Å². The maximum absolute atomic E-state index is 12.0. The number of hydrogen-bond donors (Lipinski definition) is 1. The van der Waals surface area contributed by atoms with Crippen molar-refractivity contribution in [1.82, 2.24) is 15.0 Å². The maximum atomic E-state index is 12.0. The number of esters is 1. The molecule has 178 valence electrons. The molecule has 0 saturated carbocycles. The SMILES string of the molecule is CCCC(C)C(=O)OCOc1ccc(-c2nc(-c3ccccc3)nc(-c3ccccc3)n2)c(O)c1. The van der Waals surface area contributed by atoms with Crippen LogP contribution >= 0.6 is 0 Å². The average Bonchev–Trinajstić information content (AvgIpc) is 2.89. The highest BCUT2D eigenvalue weighted by atomic mass is 16.7. The molecule has 4 aromatic rings. The van der Waals surface area contributed by atoms with Crippen LogP contribution in [-0.4, -0.2) is 32.8 Å². The largest absolute Gasteiger partial charge is 0.507 e. The molecule has 1 N–H and O–H groups in total. The number of benzene rings is 3. The second-order valence-corrected chi connectivity index (χ2v) is 8.13. The molecule has 0 aliphatic heterocycles. The second kappa shape index (κ2) is 11.2. The van der Waals surface area contributed by atoms with E-state index in [-0.39, 0.29) is 24.4 Å². The summed E-state index contributed by atoms with van der Waals surface area (Å²) in [5.41, 5.74) is 2.11. The van der Waals surface area contributed by atoms with Crippen molar-refractivity contribution >= 4 is 5.97 Å². The van der Waals surface area contributed by atoms with Gasteiger partial charge >= 0.3 is 5.97 Å². The standard InChI is InChI=1S/C28H27N3O4/c1-3-10-19(2)28(33)35-18-34-22-15-16-23(24(32)17-22)27-30-25(20-11-6-4-7-12-20)29-26(31-27)21-13-8-5-9-14-21/h4-9,11-17,19,32H,3,10,18H2,1-2H3. The van der Waals surface area contributed by atoms with E-state index in [0.29, 0.717) is 28.8 Å². The van der Waals surface area contributed by atoms with Gasteiger partial charge in [-0.3, -0.25) is 4.79 Å². The number of hydrogen-bond acceptors (Lipinski definition) is 7. The van der Waals surface area contributed by atoms with Gasteiger partial charge in [0.15, 0.2) is 17.5 Å². The van der Waals surface area contributed by atoms with Gasteiger partial charge in [0.2, 0.25) is 6.79 Å². The first-order chi connectivity index (χ1) is 17.0. The summed E-state index contributed by atoms with van der Waals surface area (Å²) in [6.07, 6.45) is 1.66. The first kappa shape index (κ1) is 23.9. The van der Waals surface area contributed by atoms with Crippen LogP contribution in [-0.2, 0) is 9.53 Å². The van der Waals surface area contributed by atoms with Crippen molar-refractivity contribution in [3.63, 3.8) is 0 Å². The molecular formula is C28H27N3O4. The molecule has 35 heavy (non-hydrogen) atoms. The minimum atomic E-state index is -0.306. The van der Waals surface area contributed by atoms with Crippen LogP contribution in [0.25, 0.3) is 34.2 Å². The molecule has 3 aromatic carbocycles. The molecule has 7 heteroatoms. The maximum Gasteiger partial charge on any atom is 0.311 e. The molecule has 1 atom stereocenters. The molecule has 1 aromatic heterocycles. The van der Waals surface area contributed by atoms with Crippen molar-refractivity contribution in [2.45, 2.75) is 26.7 Å². The van der Waals surface area contributed by atoms with Crippen LogP contribution in [0.4, 0.5) is 0 Å².